The van der Waals surface area contributed by atoms with Crippen LogP contribution in [0.3, 0.4) is 0 Å². The lowest BCUT2D eigenvalue weighted by Gasteiger charge is -2.60. The van der Waals surface area contributed by atoms with E-state index < -0.39 is 40.8 Å². The van der Waals surface area contributed by atoms with E-state index in [1.54, 1.807) is 6.92 Å². The van der Waals surface area contributed by atoms with Crippen molar-refractivity contribution < 1.29 is 14.6 Å². The first-order valence-corrected chi connectivity index (χ1v) is 12.5. The van der Waals surface area contributed by atoms with Crippen molar-refractivity contribution in [2.45, 2.75) is 51.7 Å². The first-order valence-electron chi connectivity index (χ1n) is 12.5. The number of anilines is 1. The summed E-state index contributed by atoms with van der Waals surface area (Å²) in [7, 11) is 1.97. The van der Waals surface area contributed by atoms with Crippen molar-refractivity contribution in [1.29, 1.82) is 0 Å². The summed E-state index contributed by atoms with van der Waals surface area (Å²) in [5.74, 6) is -2.09. The Morgan fingerprint density at radius 3 is 2.34 bits per heavy atom. The van der Waals surface area contributed by atoms with Crippen LogP contribution in [-0.4, -0.2) is 29.0 Å². The van der Waals surface area contributed by atoms with Crippen molar-refractivity contribution in [3.63, 3.8) is 0 Å². The molecule has 38 heavy (non-hydrogen) atoms. The van der Waals surface area contributed by atoms with Gasteiger partial charge in [0.2, 0.25) is 0 Å². The van der Waals surface area contributed by atoms with Gasteiger partial charge in [0.15, 0.2) is 0 Å². The monoisotopic (exact) mass is 513 g/mol. The van der Waals surface area contributed by atoms with Crippen molar-refractivity contribution in [1.82, 2.24) is 9.78 Å². The SMILES string of the molecule is C.Cc1[nH]n(-c2ccc(F)cc2)c(=O)c1C1C([O-])C(C=C2N(C)c3ccc4ccccc4c3C2(C)C)C1[O-]. The van der Waals surface area contributed by atoms with Gasteiger partial charge in [0, 0.05) is 35.1 Å². The summed E-state index contributed by atoms with van der Waals surface area (Å²) in [5.41, 5.74) is 3.52. The van der Waals surface area contributed by atoms with Crippen LogP contribution in [-0.2, 0) is 5.41 Å². The Bertz CT molecular complexity index is 1610. The molecule has 2 unspecified atom stereocenters. The summed E-state index contributed by atoms with van der Waals surface area (Å²) in [5, 5.41) is 32.2. The number of allylic oxidation sites excluding steroid dienone is 1. The molecule has 1 N–H and O–H groups in total. The van der Waals surface area contributed by atoms with E-state index in [0.717, 1.165) is 22.2 Å². The van der Waals surface area contributed by atoms with E-state index in [-0.39, 0.29) is 13.0 Å². The van der Waals surface area contributed by atoms with Crippen LogP contribution < -0.4 is 20.7 Å². The Morgan fingerprint density at radius 1 is 1.00 bits per heavy atom. The molecule has 3 aromatic carbocycles. The van der Waals surface area contributed by atoms with Gasteiger partial charge >= 0.3 is 0 Å². The molecule has 0 spiro atoms. The molecule has 0 bridgehead atoms. The fraction of sp³-hybridized carbons (Fsp3) is 0.323. The number of aryl methyl sites for hydroxylation is 1. The van der Waals surface area contributed by atoms with Gasteiger partial charge in [-0.15, -0.1) is 12.2 Å². The number of rotatable bonds is 3. The van der Waals surface area contributed by atoms with Gasteiger partial charge in [0.1, 0.15) is 5.82 Å². The molecule has 198 valence electrons. The lowest BCUT2D eigenvalue weighted by molar-refractivity contribution is -0.543. The topological polar surface area (TPSA) is 87.1 Å². The summed E-state index contributed by atoms with van der Waals surface area (Å²) in [4.78, 5) is 15.3. The van der Waals surface area contributed by atoms with Crippen LogP contribution in [0.15, 0.2) is 77.2 Å². The molecular formula is C31H32FN3O3-2. The Morgan fingerprint density at radius 2 is 1.66 bits per heavy atom. The highest BCUT2D eigenvalue weighted by atomic mass is 19.1. The minimum Gasteiger partial charge on any atom is -0.851 e. The Hall–Kier alpha value is -3.68. The molecule has 2 heterocycles. The third-order valence-electron chi connectivity index (χ3n) is 8.25. The molecule has 6 rings (SSSR count). The molecule has 7 heteroatoms. The molecule has 1 aliphatic heterocycles. The number of aromatic nitrogens is 2. The number of nitrogens with one attached hydrogen (secondary N) is 1. The van der Waals surface area contributed by atoms with Crippen LogP contribution in [0, 0.1) is 18.7 Å². The number of benzene rings is 3. The number of nitrogens with zero attached hydrogens (tertiary/aromatic N) is 2. The number of aromatic amines is 1. The van der Waals surface area contributed by atoms with Crippen LogP contribution >= 0.6 is 0 Å². The fourth-order valence-corrected chi connectivity index (χ4v) is 6.33. The zero-order valence-corrected chi connectivity index (χ0v) is 21.2. The number of halogens is 1. The number of likely N-dealkylation sites (N-methyl/N-ethyl adjacent to an activating group) is 1. The zero-order valence-electron chi connectivity index (χ0n) is 21.2. The average molecular weight is 514 g/mol. The van der Waals surface area contributed by atoms with Crippen LogP contribution in [0.5, 0.6) is 0 Å². The molecule has 2 aliphatic rings. The van der Waals surface area contributed by atoms with Crippen LogP contribution in [0.1, 0.15) is 44.0 Å². The lowest BCUT2D eigenvalue weighted by atomic mass is 9.64. The van der Waals surface area contributed by atoms with Crippen molar-refractivity contribution in [3.8, 4) is 5.69 Å². The normalized spacial score (nSPS) is 24.8. The maximum atomic E-state index is 13.5. The van der Waals surface area contributed by atoms with E-state index in [2.05, 4.69) is 48.1 Å². The molecule has 1 aromatic heterocycles. The quantitative estimate of drug-likeness (QED) is 0.450. The number of fused-ring (bicyclic) bond motifs is 3. The third kappa shape index (κ3) is 3.56. The third-order valence-corrected chi connectivity index (χ3v) is 8.25. The van der Waals surface area contributed by atoms with Gasteiger partial charge in [0.05, 0.1) is 5.69 Å². The van der Waals surface area contributed by atoms with Gasteiger partial charge in [-0.2, -0.15) is 0 Å². The average Bonchev–Trinajstić information content (AvgIpc) is 3.27. The molecule has 1 saturated carbocycles. The van der Waals surface area contributed by atoms with E-state index in [0.29, 0.717) is 11.4 Å². The highest BCUT2D eigenvalue weighted by molar-refractivity contribution is 5.94. The summed E-state index contributed by atoms with van der Waals surface area (Å²) in [6, 6.07) is 17.9. The second-order valence-electron chi connectivity index (χ2n) is 10.7. The fourth-order valence-electron chi connectivity index (χ4n) is 6.33. The summed E-state index contributed by atoms with van der Waals surface area (Å²) < 4.78 is 14.6. The van der Waals surface area contributed by atoms with Crippen molar-refractivity contribution in [3.05, 3.63) is 105 Å². The van der Waals surface area contributed by atoms with E-state index in [1.165, 1.54) is 34.5 Å². The van der Waals surface area contributed by atoms with Gasteiger partial charge in [-0.1, -0.05) is 57.7 Å². The van der Waals surface area contributed by atoms with Gasteiger partial charge in [-0.3, -0.25) is 9.89 Å². The van der Waals surface area contributed by atoms with Gasteiger partial charge < -0.3 is 15.1 Å². The second-order valence-corrected chi connectivity index (χ2v) is 10.7. The van der Waals surface area contributed by atoms with E-state index in [9.17, 15) is 19.4 Å². The summed E-state index contributed by atoms with van der Waals surface area (Å²) in [6.45, 7) is 5.94. The Labute approximate surface area is 221 Å². The van der Waals surface area contributed by atoms with Crippen LogP contribution in [0.4, 0.5) is 10.1 Å². The molecule has 2 atom stereocenters. The molecular weight excluding hydrogens is 481 g/mol. The number of H-pyrrole nitrogens is 1. The second kappa shape index (κ2) is 8.96. The summed E-state index contributed by atoms with van der Waals surface area (Å²) >= 11 is 0. The molecule has 1 fully saturated rings. The molecule has 0 amide bonds. The van der Waals surface area contributed by atoms with Crippen LogP contribution in [0.25, 0.3) is 16.5 Å². The largest absolute Gasteiger partial charge is 0.851 e. The minimum atomic E-state index is -1.23. The predicted molar refractivity (Wildman–Crippen MR) is 145 cm³/mol. The van der Waals surface area contributed by atoms with Crippen molar-refractivity contribution in [2.75, 3.05) is 11.9 Å². The molecule has 0 saturated heterocycles. The minimum absolute atomic E-state index is 0. The number of hydrogen-bond donors (Lipinski definition) is 1. The van der Waals surface area contributed by atoms with Gasteiger partial charge in [-0.05, 0) is 65.4 Å². The Balaban J connectivity index is 0.00000294. The predicted octanol–water partition coefficient (Wildman–Crippen LogP) is 3.89. The Kier molecular flexibility index (Phi) is 6.12. The highest BCUT2D eigenvalue weighted by Gasteiger charge is 2.44. The molecule has 0 radical (unpaired) electrons. The van der Waals surface area contributed by atoms with E-state index in [1.807, 2.05) is 25.3 Å². The van der Waals surface area contributed by atoms with E-state index in [4.69, 9.17) is 0 Å². The lowest BCUT2D eigenvalue weighted by Crippen LogP contribution is -2.65. The van der Waals surface area contributed by atoms with Crippen molar-refractivity contribution >= 4 is 16.5 Å². The van der Waals surface area contributed by atoms with Crippen LogP contribution in [0.2, 0.25) is 0 Å². The van der Waals surface area contributed by atoms with Crippen molar-refractivity contribution in [2.24, 2.45) is 5.92 Å². The summed E-state index contributed by atoms with van der Waals surface area (Å²) in [6.07, 6.45) is -0.617. The smallest absolute Gasteiger partial charge is 0.274 e. The standard InChI is InChI=1S/C30H28FN3O3.CH4/c1-16-24(29(37)34(32-16)19-12-10-18(31)11-13-19)25-27(35)21(28(25)36)15-23-30(2,3)26-20-8-6-5-7-17(20)9-14-22(26)33(23)4;/h5-15,21,25,27-28,32H,1-4H3;1H4/q-2;. The first-order chi connectivity index (χ1) is 17.6. The highest BCUT2D eigenvalue weighted by Crippen LogP contribution is 2.51. The maximum Gasteiger partial charge on any atom is 0.274 e. The molecule has 1 aliphatic carbocycles. The molecule has 6 nitrogen and oxygen atoms in total. The zero-order chi connectivity index (χ0) is 26.2. The van der Waals surface area contributed by atoms with Gasteiger partial charge in [0.25, 0.3) is 5.56 Å². The van der Waals surface area contributed by atoms with E-state index >= 15 is 0 Å². The number of hydrogen-bond acceptors (Lipinski definition) is 4. The maximum absolute atomic E-state index is 13.5. The van der Waals surface area contributed by atoms with Gasteiger partial charge in [-0.25, -0.2) is 9.07 Å². The first kappa shape index (κ1) is 25.9. The molecule has 4 aromatic rings.